The monoisotopic (exact) mass is 212 g/mol. The molecule has 0 bridgehead atoms. The first kappa shape index (κ1) is 9.33. The summed E-state index contributed by atoms with van der Waals surface area (Å²) in [7, 11) is 0. The summed E-state index contributed by atoms with van der Waals surface area (Å²) in [6.45, 7) is 0.677. The highest BCUT2D eigenvalue weighted by Gasteiger charge is 2.17. The van der Waals surface area contributed by atoms with Gasteiger partial charge in [0, 0.05) is 23.2 Å². The predicted octanol–water partition coefficient (Wildman–Crippen LogP) is 1.74. The summed E-state index contributed by atoms with van der Waals surface area (Å²) in [5.41, 5.74) is 1.16. The number of thiophene rings is 1. The van der Waals surface area contributed by atoms with Crippen LogP contribution in [0.2, 0.25) is 0 Å². The van der Waals surface area contributed by atoms with E-state index in [1.165, 1.54) is 4.88 Å². The Morgan fingerprint density at radius 2 is 2.57 bits per heavy atom. The van der Waals surface area contributed by atoms with Gasteiger partial charge in [-0.25, -0.2) is 4.79 Å². The van der Waals surface area contributed by atoms with Crippen LogP contribution >= 0.6 is 11.3 Å². The van der Waals surface area contributed by atoms with E-state index < -0.39 is 6.09 Å². The number of fused-ring (bicyclic) bond motifs is 1. The fraction of sp³-hybridized carbons (Fsp3) is 0.444. The molecule has 14 heavy (non-hydrogen) atoms. The molecule has 0 aliphatic carbocycles. The van der Waals surface area contributed by atoms with Crippen LogP contribution in [-0.4, -0.2) is 23.8 Å². The third-order valence-corrected chi connectivity index (χ3v) is 3.31. The minimum absolute atomic E-state index is 0.0205. The molecule has 1 unspecified atom stereocenters. The largest absolute Gasteiger partial charge is 0.465 e. The summed E-state index contributed by atoms with van der Waals surface area (Å²) in [6.07, 6.45) is 0.875. The Morgan fingerprint density at radius 1 is 1.71 bits per heavy atom. The molecular weight excluding hydrogens is 200 g/mol. The number of hydrogen-bond acceptors (Lipinski definition) is 3. The second-order valence-corrected chi connectivity index (χ2v) is 4.32. The molecule has 1 aliphatic heterocycles. The zero-order chi connectivity index (χ0) is 9.97. The highest BCUT2D eigenvalue weighted by molar-refractivity contribution is 7.10. The van der Waals surface area contributed by atoms with Gasteiger partial charge in [0.05, 0.1) is 0 Å². The van der Waals surface area contributed by atoms with Crippen molar-refractivity contribution in [2.24, 2.45) is 0 Å². The van der Waals surface area contributed by atoms with Crippen molar-refractivity contribution in [3.8, 4) is 0 Å². The van der Waals surface area contributed by atoms with E-state index >= 15 is 0 Å². The summed E-state index contributed by atoms with van der Waals surface area (Å²) in [6, 6.07) is 2.07. The lowest BCUT2D eigenvalue weighted by Crippen LogP contribution is -2.38. The van der Waals surface area contributed by atoms with Crippen molar-refractivity contribution in [2.45, 2.75) is 18.9 Å². The maximum Gasteiger partial charge on any atom is 0.404 e. The van der Waals surface area contributed by atoms with Gasteiger partial charge in [-0.15, -0.1) is 11.3 Å². The highest BCUT2D eigenvalue weighted by atomic mass is 32.1. The van der Waals surface area contributed by atoms with Crippen molar-refractivity contribution < 1.29 is 9.90 Å². The van der Waals surface area contributed by atoms with Crippen LogP contribution in [0.5, 0.6) is 0 Å². The zero-order valence-corrected chi connectivity index (χ0v) is 8.43. The van der Waals surface area contributed by atoms with Crippen LogP contribution in [0.3, 0.4) is 0 Å². The molecule has 1 amide bonds. The van der Waals surface area contributed by atoms with E-state index in [0.717, 1.165) is 18.5 Å². The normalized spacial score (nSPS) is 20.4. The summed E-state index contributed by atoms with van der Waals surface area (Å²) >= 11 is 1.72. The summed E-state index contributed by atoms with van der Waals surface area (Å²) in [5.74, 6) is 0. The third-order valence-electron chi connectivity index (χ3n) is 2.33. The van der Waals surface area contributed by atoms with Crippen LogP contribution in [0.25, 0.3) is 0 Å². The Hall–Kier alpha value is -1.23. The van der Waals surface area contributed by atoms with Crippen LogP contribution in [0, 0.1) is 0 Å². The first-order valence-corrected chi connectivity index (χ1v) is 5.43. The molecule has 0 aromatic carbocycles. The van der Waals surface area contributed by atoms with Gasteiger partial charge in [0.2, 0.25) is 0 Å². The molecule has 0 saturated carbocycles. The average Bonchev–Trinajstić information content (AvgIpc) is 2.50. The van der Waals surface area contributed by atoms with E-state index in [-0.39, 0.29) is 6.04 Å². The van der Waals surface area contributed by atoms with Crippen molar-refractivity contribution in [1.82, 2.24) is 5.32 Å². The van der Waals surface area contributed by atoms with Gasteiger partial charge in [0.15, 0.2) is 0 Å². The first-order chi connectivity index (χ1) is 6.75. The second kappa shape index (κ2) is 3.88. The molecule has 2 rings (SSSR count). The van der Waals surface area contributed by atoms with Gasteiger partial charge < -0.3 is 15.7 Å². The summed E-state index contributed by atoms with van der Waals surface area (Å²) in [5, 5.41) is 16.4. The van der Waals surface area contributed by atoms with E-state index in [1.807, 2.05) is 6.07 Å². The van der Waals surface area contributed by atoms with Crippen molar-refractivity contribution in [3.05, 3.63) is 16.3 Å². The molecule has 3 N–H and O–H groups in total. The minimum Gasteiger partial charge on any atom is -0.465 e. The number of hydrogen-bond donors (Lipinski definition) is 3. The van der Waals surface area contributed by atoms with Gasteiger partial charge in [0.25, 0.3) is 0 Å². The molecule has 1 atom stereocenters. The van der Waals surface area contributed by atoms with Crippen molar-refractivity contribution >= 4 is 23.1 Å². The predicted molar refractivity (Wildman–Crippen MR) is 56.1 cm³/mol. The highest BCUT2D eigenvalue weighted by Crippen LogP contribution is 2.26. The number of amides is 1. The Bertz CT molecular complexity index is 315. The zero-order valence-electron chi connectivity index (χ0n) is 7.62. The second-order valence-electron chi connectivity index (χ2n) is 3.32. The molecule has 1 aliphatic rings. The van der Waals surface area contributed by atoms with Gasteiger partial charge in [-0.2, -0.15) is 0 Å². The van der Waals surface area contributed by atoms with E-state index in [4.69, 9.17) is 5.11 Å². The van der Waals surface area contributed by atoms with Gasteiger partial charge in [-0.3, -0.25) is 0 Å². The van der Waals surface area contributed by atoms with Gasteiger partial charge in [-0.05, 0) is 24.3 Å². The number of carbonyl (C=O) groups is 1. The quantitative estimate of drug-likeness (QED) is 0.664. The van der Waals surface area contributed by atoms with Crippen molar-refractivity contribution in [3.63, 3.8) is 0 Å². The Morgan fingerprint density at radius 3 is 3.36 bits per heavy atom. The topological polar surface area (TPSA) is 61.4 Å². The van der Waals surface area contributed by atoms with Crippen LogP contribution < -0.4 is 10.6 Å². The molecule has 0 fully saturated rings. The van der Waals surface area contributed by atoms with Crippen LogP contribution in [-0.2, 0) is 6.42 Å². The number of nitrogens with one attached hydrogen (secondary N) is 2. The van der Waals surface area contributed by atoms with E-state index in [2.05, 4.69) is 16.0 Å². The molecule has 4 nitrogen and oxygen atoms in total. The molecule has 0 radical (unpaired) electrons. The first-order valence-electron chi connectivity index (χ1n) is 4.55. The molecule has 0 spiro atoms. The SMILES string of the molecule is O=C(O)NC1CCc2sccc2NC1. The van der Waals surface area contributed by atoms with Gasteiger partial charge in [-0.1, -0.05) is 0 Å². The molecule has 1 aromatic rings. The lowest BCUT2D eigenvalue weighted by molar-refractivity contribution is 0.190. The maximum absolute atomic E-state index is 10.5. The average molecular weight is 212 g/mol. The molecule has 76 valence electrons. The summed E-state index contributed by atoms with van der Waals surface area (Å²) in [4.78, 5) is 11.8. The Labute approximate surface area is 85.9 Å². The molecule has 1 aromatic heterocycles. The van der Waals surface area contributed by atoms with Crippen LogP contribution in [0.4, 0.5) is 10.5 Å². The molecule has 2 heterocycles. The van der Waals surface area contributed by atoms with Crippen LogP contribution in [0.15, 0.2) is 11.4 Å². The van der Waals surface area contributed by atoms with E-state index in [1.54, 1.807) is 11.3 Å². The lowest BCUT2D eigenvalue weighted by Gasteiger charge is -2.13. The Kier molecular flexibility index (Phi) is 2.58. The van der Waals surface area contributed by atoms with E-state index in [0.29, 0.717) is 6.54 Å². The van der Waals surface area contributed by atoms with Crippen LogP contribution in [0.1, 0.15) is 11.3 Å². The standard InChI is InChI=1S/C9H12N2O2S/c12-9(13)11-6-1-2-8-7(10-5-6)3-4-14-8/h3-4,6,10-11H,1-2,5H2,(H,12,13). The lowest BCUT2D eigenvalue weighted by atomic mass is 10.1. The minimum atomic E-state index is -0.943. The molecular formula is C9H12N2O2S. The van der Waals surface area contributed by atoms with Gasteiger partial charge in [0.1, 0.15) is 0 Å². The fourth-order valence-electron chi connectivity index (χ4n) is 1.63. The molecule has 0 saturated heterocycles. The number of anilines is 1. The van der Waals surface area contributed by atoms with Gasteiger partial charge >= 0.3 is 6.09 Å². The summed E-state index contributed by atoms with van der Waals surface area (Å²) < 4.78 is 0. The Balaban J connectivity index is 1.99. The third kappa shape index (κ3) is 1.98. The van der Waals surface area contributed by atoms with E-state index in [9.17, 15) is 4.79 Å². The molecule has 5 heteroatoms. The van der Waals surface area contributed by atoms with Crippen molar-refractivity contribution in [1.29, 1.82) is 0 Å². The smallest absolute Gasteiger partial charge is 0.404 e. The maximum atomic E-state index is 10.5. The fourth-order valence-corrected chi connectivity index (χ4v) is 2.50. The number of carboxylic acid groups (broad SMARTS) is 1. The number of rotatable bonds is 1. The number of aryl methyl sites for hydroxylation is 1. The van der Waals surface area contributed by atoms with Crippen molar-refractivity contribution in [2.75, 3.05) is 11.9 Å².